The highest BCUT2D eigenvalue weighted by molar-refractivity contribution is 5.92. The van der Waals surface area contributed by atoms with Crippen molar-refractivity contribution in [2.75, 3.05) is 43.1 Å². The zero-order valence-corrected chi connectivity index (χ0v) is 20.0. The van der Waals surface area contributed by atoms with Crippen LogP contribution < -0.4 is 10.2 Å². The van der Waals surface area contributed by atoms with E-state index >= 15 is 0 Å². The number of hydrogen-bond donors (Lipinski definition) is 2. The Morgan fingerprint density at radius 3 is 2.73 bits per heavy atom. The number of ether oxygens (including phenoxy) is 1. The van der Waals surface area contributed by atoms with Crippen LogP contribution in [0.2, 0.25) is 0 Å². The average Bonchev–Trinajstić information content (AvgIpc) is 3.63. The number of benzene rings is 1. The van der Waals surface area contributed by atoms with Crippen LogP contribution in [0.5, 0.6) is 0 Å². The first-order valence-electron chi connectivity index (χ1n) is 12.1. The van der Waals surface area contributed by atoms with Gasteiger partial charge in [-0.05, 0) is 35.9 Å². The highest BCUT2D eigenvalue weighted by Crippen LogP contribution is 2.30. The van der Waals surface area contributed by atoms with Crippen LogP contribution in [-0.4, -0.2) is 64.2 Å². The Bertz CT molecular complexity index is 1490. The monoisotopic (exact) mass is 495 g/mol. The molecule has 1 aromatic carbocycles. The molecule has 1 aliphatic rings. The van der Waals surface area contributed by atoms with Crippen molar-refractivity contribution in [3.8, 4) is 22.5 Å². The molecule has 10 heteroatoms. The third-order valence-corrected chi connectivity index (χ3v) is 6.45. The SMILES string of the molecule is O=CC(CNc1ccc(-c2cc3c(N4CCOCC4)ncnc3[nH]2)cc1)c1cc(-c2cccnc2)no1. The van der Waals surface area contributed by atoms with Crippen molar-refractivity contribution in [3.05, 3.63) is 73.0 Å². The van der Waals surface area contributed by atoms with Crippen LogP contribution in [0.25, 0.3) is 33.5 Å². The summed E-state index contributed by atoms with van der Waals surface area (Å²) in [4.78, 5) is 30.5. The number of carbonyl (C=O) groups excluding carboxylic acids is 1. The smallest absolute Gasteiger partial charge is 0.149 e. The number of aromatic amines is 1. The standard InChI is InChI=1S/C27H25N7O3/c35-16-20(25-13-24(33-37-25)19-2-1-7-28-14-19)15-29-21-5-3-18(4-6-21)23-12-22-26(32-23)30-17-31-27(22)34-8-10-36-11-9-34/h1-7,12-14,16-17,20,29H,8-11,15H2,(H,30,31,32). The molecular weight excluding hydrogens is 470 g/mol. The number of aromatic nitrogens is 5. The van der Waals surface area contributed by atoms with Gasteiger partial charge in [0.1, 0.15) is 35.5 Å². The highest BCUT2D eigenvalue weighted by atomic mass is 16.5. The molecule has 0 saturated carbocycles. The number of carbonyl (C=O) groups is 1. The second-order valence-corrected chi connectivity index (χ2v) is 8.80. The molecule has 0 aliphatic carbocycles. The fourth-order valence-corrected chi connectivity index (χ4v) is 4.44. The quantitative estimate of drug-likeness (QED) is 0.309. The molecule has 1 fully saturated rings. The molecular formula is C27H25N7O3. The maximum Gasteiger partial charge on any atom is 0.149 e. The minimum Gasteiger partial charge on any atom is -0.384 e. The summed E-state index contributed by atoms with van der Waals surface area (Å²) in [5.74, 6) is 0.963. The molecule has 186 valence electrons. The van der Waals surface area contributed by atoms with E-state index in [1.807, 2.05) is 36.4 Å². The molecule has 0 spiro atoms. The van der Waals surface area contributed by atoms with E-state index in [1.54, 1.807) is 24.8 Å². The second-order valence-electron chi connectivity index (χ2n) is 8.80. The molecule has 1 saturated heterocycles. The summed E-state index contributed by atoms with van der Waals surface area (Å²) in [5.41, 5.74) is 5.18. The Hall–Kier alpha value is -4.57. The van der Waals surface area contributed by atoms with Crippen molar-refractivity contribution >= 4 is 28.8 Å². The van der Waals surface area contributed by atoms with Crippen LogP contribution in [0.4, 0.5) is 11.5 Å². The van der Waals surface area contributed by atoms with Crippen molar-refractivity contribution in [1.29, 1.82) is 0 Å². The first-order valence-corrected chi connectivity index (χ1v) is 12.1. The van der Waals surface area contributed by atoms with Gasteiger partial charge in [-0.3, -0.25) is 4.98 Å². The van der Waals surface area contributed by atoms with Crippen LogP contribution in [0.3, 0.4) is 0 Å². The van der Waals surface area contributed by atoms with E-state index in [0.717, 1.165) is 58.7 Å². The van der Waals surface area contributed by atoms with E-state index in [-0.39, 0.29) is 0 Å². The van der Waals surface area contributed by atoms with E-state index in [1.165, 1.54) is 0 Å². The van der Waals surface area contributed by atoms with Crippen LogP contribution in [0.1, 0.15) is 11.7 Å². The summed E-state index contributed by atoms with van der Waals surface area (Å²) in [6.45, 7) is 3.41. The maximum absolute atomic E-state index is 11.8. The predicted molar refractivity (Wildman–Crippen MR) is 139 cm³/mol. The van der Waals surface area contributed by atoms with Crippen molar-refractivity contribution in [2.45, 2.75) is 5.92 Å². The molecule has 0 radical (unpaired) electrons. The Morgan fingerprint density at radius 1 is 1.08 bits per heavy atom. The largest absolute Gasteiger partial charge is 0.384 e. The number of rotatable bonds is 8. The Kier molecular flexibility index (Phi) is 6.30. The number of nitrogens with zero attached hydrogens (tertiary/aromatic N) is 5. The molecule has 0 amide bonds. The van der Waals surface area contributed by atoms with E-state index < -0.39 is 5.92 Å². The van der Waals surface area contributed by atoms with Crippen molar-refractivity contribution < 1.29 is 14.1 Å². The lowest BCUT2D eigenvalue weighted by Gasteiger charge is -2.27. The average molecular weight is 496 g/mol. The number of fused-ring (bicyclic) bond motifs is 1. The van der Waals surface area contributed by atoms with E-state index in [2.05, 4.69) is 41.4 Å². The summed E-state index contributed by atoms with van der Waals surface area (Å²) >= 11 is 0. The lowest BCUT2D eigenvalue weighted by atomic mass is 10.1. The summed E-state index contributed by atoms with van der Waals surface area (Å²) < 4.78 is 10.9. The van der Waals surface area contributed by atoms with E-state index in [0.29, 0.717) is 31.2 Å². The van der Waals surface area contributed by atoms with Crippen LogP contribution in [-0.2, 0) is 9.53 Å². The molecule has 2 N–H and O–H groups in total. The number of aldehydes is 1. The molecule has 1 unspecified atom stereocenters. The third-order valence-electron chi connectivity index (χ3n) is 6.45. The van der Waals surface area contributed by atoms with Gasteiger partial charge in [0.25, 0.3) is 0 Å². The normalized spacial score (nSPS) is 14.5. The number of morpholine rings is 1. The van der Waals surface area contributed by atoms with Gasteiger partial charge in [0, 0.05) is 55.0 Å². The molecule has 5 aromatic rings. The third kappa shape index (κ3) is 4.78. The molecule has 1 atom stereocenters. The Morgan fingerprint density at radius 2 is 1.95 bits per heavy atom. The number of nitrogens with one attached hydrogen (secondary N) is 2. The fourth-order valence-electron chi connectivity index (χ4n) is 4.44. The fraction of sp³-hybridized carbons (Fsp3) is 0.222. The van der Waals surface area contributed by atoms with Gasteiger partial charge < -0.3 is 29.3 Å². The van der Waals surface area contributed by atoms with Crippen LogP contribution in [0, 0.1) is 0 Å². The molecule has 1 aliphatic heterocycles. The van der Waals surface area contributed by atoms with Gasteiger partial charge in [0.2, 0.25) is 0 Å². The summed E-state index contributed by atoms with van der Waals surface area (Å²) in [7, 11) is 0. The summed E-state index contributed by atoms with van der Waals surface area (Å²) in [6, 6.07) is 15.6. The summed E-state index contributed by atoms with van der Waals surface area (Å²) in [5, 5.41) is 8.40. The molecule has 37 heavy (non-hydrogen) atoms. The molecule has 10 nitrogen and oxygen atoms in total. The summed E-state index contributed by atoms with van der Waals surface area (Å²) in [6.07, 6.45) is 5.87. The number of pyridine rings is 1. The van der Waals surface area contributed by atoms with Gasteiger partial charge in [0.05, 0.1) is 24.5 Å². The van der Waals surface area contributed by atoms with E-state index in [4.69, 9.17) is 9.26 Å². The topological polar surface area (TPSA) is 122 Å². The minimum atomic E-state index is -0.469. The zero-order valence-electron chi connectivity index (χ0n) is 20.0. The van der Waals surface area contributed by atoms with Crippen molar-refractivity contribution in [3.63, 3.8) is 0 Å². The molecule has 4 aromatic heterocycles. The lowest BCUT2D eigenvalue weighted by molar-refractivity contribution is -0.109. The molecule has 0 bridgehead atoms. The van der Waals surface area contributed by atoms with Gasteiger partial charge in [-0.2, -0.15) is 0 Å². The number of anilines is 2. The molecule has 5 heterocycles. The highest BCUT2D eigenvalue weighted by Gasteiger charge is 2.19. The number of hydrogen-bond acceptors (Lipinski definition) is 9. The van der Waals surface area contributed by atoms with Crippen LogP contribution >= 0.6 is 0 Å². The van der Waals surface area contributed by atoms with Gasteiger partial charge in [-0.25, -0.2) is 9.97 Å². The van der Waals surface area contributed by atoms with Crippen LogP contribution in [0.15, 0.2) is 71.8 Å². The van der Waals surface area contributed by atoms with Gasteiger partial charge >= 0.3 is 0 Å². The minimum absolute atomic E-state index is 0.384. The Labute approximate surface area is 212 Å². The van der Waals surface area contributed by atoms with E-state index in [9.17, 15) is 4.79 Å². The lowest BCUT2D eigenvalue weighted by Crippen LogP contribution is -2.36. The Balaban J connectivity index is 1.15. The van der Waals surface area contributed by atoms with Crippen molar-refractivity contribution in [1.82, 2.24) is 25.1 Å². The zero-order chi connectivity index (χ0) is 25.0. The van der Waals surface area contributed by atoms with Crippen molar-refractivity contribution in [2.24, 2.45) is 0 Å². The predicted octanol–water partition coefficient (Wildman–Crippen LogP) is 3.91. The maximum atomic E-state index is 11.8. The van der Waals surface area contributed by atoms with Gasteiger partial charge in [0.15, 0.2) is 0 Å². The number of H-pyrrole nitrogens is 1. The first kappa shape index (κ1) is 22.9. The first-order chi connectivity index (χ1) is 18.3. The van der Waals surface area contributed by atoms with Gasteiger partial charge in [-0.1, -0.05) is 17.3 Å². The molecule has 6 rings (SSSR count). The van der Waals surface area contributed by atoms with Gasteiger partial charge in [-0.15, -0.1) is 0 Å². The second kappa shape index (κ2) is 10.2.